The molecule has 0 amide bonds. The molecule has 52 valence electrons. The van der Waals surface area contributed by atoms with Gasteiger partial charge in [0.2, 0.25) is 0 Å². The molecule has 1 aliphatic carbocycles. The van der Waals surface area contributed by atoms with Crippen LogP contribution >= 0.6 is 11.3 Å². The van der Waals surface area contributed by atoms with Gasteiger partial charge in [0.25, 0.3) is 0 Å². The summed E-state index contributed by atoms with van der Waals surface area (Å²) in [4.78, 5) is 1.40. The predicted octanol–water partition coefficient (Wildman–Crippen LogP) is 2.37. The van der Waals surface area contributed by atoms with Crippen LogP contribution in [0.3, 0.4) is 0 Å². The minimum Gasteiger partial charge on any atom is -0.148 e. The van der Waals surface area contributed by atoms with Crippen molar-refractivity contribution >= 4 is 25.3 Å². The maximum atomic E-state index is 5.69. The lowest BCUT2D eigenvalue weighted by molar-refractivity contribution is 1.34. The highest BCUT2D eigenvalue weighted by molar-refractivity contribution is 7.10. The van der Waals surface area contributed by atoms with Gasteiger partial charge >= 0.3 is 0 Å². The third-order valence-electron chi connectivity index (χ3n) is 1.72. The molecule has 0 fully saturated rings. The van der Waals surface area contributed by atoms with Gasteiger partial charge in [0.15, 0.2) is 0 Å². The molecule has 0 saturated carbocycles. The van der Waals surface area contributed by atoms with Crippen LogP contribution in [0.15, 0.2) is 29.1 Å². The van der Waals surface area contributed by atoms with E-state index in [0.717, 1.165) is 11.9 Å². The van der Waals surface area contributed by atoms with E-state index in [2.05, 4.69) is 17.5 Å². The zero-order valence-corrected chi connectivity index (χ0v) is 6.90. The van der Waals surface area contributed by atoms with Crippen LogP contribution < -0.4 is 0 Å². The van der Waals surface area contributed by atoms with Crippen LogP contribution in [0, 0.1) is 0 Å². The molecule has 0 spiro atoms. The number of allylic oxidation sites excluding steroid dienone is 3. The Morgan fingerprint density at radius 3 is 3.27 bits per heavy atom. The van der Waals surface area contributed by atoms with Gasteiger partial charge in [-0.25, -0.2) is 0 Å². The molecule has 1 aliphatic rings. The van der Waals surface area contributed by atoms with Crippen molar-refractivity contribution in [3.05, 3.63) is 39.5 Å². The molecule has 2 heteroatoms. The number of thiophene rings is 1. The lowest BCUT2D eigenvalue weighted by Crippen LogP contribution is -1.75. The first-order valence-corrected chi connectivity index (χ1v) is 4.44. The summed E-state index contributed by atoms with van der Waals surface area (Å²) >= 11 is 1.79. The molecule has 0 aromatic carbocycles. The van der Waals surface area contributed by atoms with Gasteiger partial charge in [0, 0.05) is 11.3 Å². The molecule has 0 saturated heterocycles. The molecule has 0 unspecified atom stereocenters. The Kier molecular flexibility index (Phi) is 1.70. The summed E-state index contributed by atoms with van der Waals surface area (Å²) in [5, 5.41) is 2.10. The monoisotopic (exact) mass is 158 g/mol. The van der Waals surface area contributed by atoms with Crippen molar-refractivity contribution in [2.24, 2.45) is 0 Å². The normalized spacial score (nSPS) is 15.5. The van der Waals surface area contributed by atoms with Crippen LogP contribution in [0.4, 0.5) is 0 Å². The number of rotatable bonds is 0. The Balaban J connectivity index is 2.52. The fourth-order valence-electron chi connectivity index (χ4n) is 1.17. The van der Waals surface area contributed by atoms with E-state index in [1.54, 1.807) is 11.3 Å². The summed E-state index contributed by atoms with van der Waals surface area (Å²) in [6.07, 6.45) is 7.11. The van der Waals surface area contributed by atoms with Crippen LogP contribution in [-0.2, 0) is 6.42 Å². The highest BCUT2D eigenvalue weighted by atomic mass is 32.1. The van der Waals surface area contributed by atoms with E-state index < -0.39 is 0 Å². The molecule has 0 atom stereocenters. The Hall–Kier alpha value is -0.755. The maximum absolute atomic E-state index is 5.69. The van der Waals surface area contributed by atoms with E-state index in [4.69, 9.17) is 7.85 Å². The van der Waals surface area contributed by atoms with Gasteiger partial charge in [-0.15, -0.1) is 11.3 Å². The Morgan fingerprint density at radius 1 is 1.45 bits per heavy atom. The van der Waals surface area contributed by atoms with Crippen LogP contribution in [0.25, 0.3) is 6.08 Å². The first-order chi connectivity index (χ1) is 5.36. The van der Waals surface area contributed by atoms with Crippen LogP contribution in [-0.4, -0.2) is 7.85 Å². The van der Waals surface area contributed by atoms with E-state index in [1.165, 1.54) is 10.4 Å². The molecule has 0 nitrogen and oxygen atoms in total. The second-order valence-corrected chi connectivity index (χ2v) is 3.55. The molecule has 0 N–H and O–H groups in total. The molecule has 1 aromatic rings. The van der Waals surface area contributed by atoms with Crippen molar-refractivity contribution in [2.45, 2.75) is 6.42 Å². The zero-order valence-electron chi connectivity index (χ0n) is 6.08. The fourth-order valence-corrected chi connectivity index (χ4v) is 2.01. The molecule has 1 heterocycles. The molecular weight excluding hydrogens is 151 g/mol. The SMILES string of the molecule is [B]C1=Cc2ccsc2CC=C1. The highest BCUT2D eigenvalue weighted by Crippen LogP contribution is 2.22. The van der Waals surface area contributed by atoms with E-state index in [9.17, 15) is 0 Å². The van der Waals surface area contributed by atoms with Crippen LogP contribution in [0.5, 0.6) is 0 Å². The van der Waals surface area contributed by atoms with Crippen molar-refractivity contribution < 1.29 is 0 Å². The smallest absolute Gasteiger partial charge is 0.113 e. The third kappa shape index (κ3) is 1.31. The van der Waals surface area contributed by atoms with Crippen molar-refractivity contribution in [1.29, 1.82) is 0 Å². The van der Waals surface area contributed by atoms with Gasteiger partial charge in [-0.3, -0.25) is 0 Å². The Labute approximate surface area is 71.7 Å². The van der Waals surface area contributed by atoms with Gasteiger partial charge in [-0.1, -0.05) is 23.7 Å². The lowest BCUT2D eigenvalue weighted by Gasteiger charge is -1.90. The van der Waals surface area contributed by atoms with E-state index >= 15 is 0 Å². The van der Waals surface area contributed by atoms with Gasteiger partial charge in [-0.05, 0) is 17.0 Å². The lowest BCUT2D eigenvalue weighted by atomic mass is 9.94. The third-order valence-corrected chi connectivity index (χ3v) is 2.67. The van der Waals surface area contributed by atoms with E-state index in [0.29, 0.717) is 0 Å². The average molecular weight is 158 g/mol. The highest BCUT2D eigenvalue weighted by Gasteiger charge is 2.01. The summed E-state index contributed by atoms with van der Waals surface area (Å²) in [6, 6.07) is 2.11. The number of hydrogen-bond acceptors (Lipinski definition) is 1. The van der Waals surface area contributed by atoms with E-state index in [-0.39, 0.29) is 0 Å². The van der Waals surface area contributed by atoms with Crippen LogP contribution in [0.1, 0.15) is 10.4 Å². The molecule has 2 rings (SSSR count). The summed E-state index contributed by atoms with van der Waals surface area (Å²) in [6.45, 7) is 0. The van der Waals surface area contributed by atoms with Crippen molar-refractivity contribution in [3.8, 4) is 0 Å². The fraction of sp³-hybridized carbons (Fsp3) is 0.111. The second kappa shape index (κ2) is 2.70. The molecular formula is C9H7BS. The maximum Gasteiger partial charge on any atom is 0.113 e. The summed E-state index contributed by atoms with van der Waals surface area (Å²) in [5.41, 5.74) is 2.12. The number of hydrogen-bond donors (Lipinski definition) is 0. The largest absolute Gasteiger partial charge is 0.148 e. The Morgan fingerprint density at radius 2 is 2.36 bits per heavy atom. The zero-order chi connectivity index (χ0) is 7.68. The van der Waals surface area contributed by atoms with Crippen LogP contribution in [0.2, 0.25) is 0 Å². The predicted molar refractivity (Wildman–Crippen MR) is 50.9 cm³/mol. The van der Waals surface area contributed by atoms with Crippen molar-refractivity contribution in [3.63, 3.8) is 0 Å². The van der Waals surface area contributed by atoms with Gasteiger partial charge in [0.1, 0.15) is 7.85 Å². The molecule has 0 aliphatic heterocycles. The first kappa shape index (κ1) is 6.92. The first-order valence-electron chi connectivity index (χ1n) is 3.56. The minimum absolute atomic E-state index is 0.849. The molecule has 11 heavy (non-hydrogen) atoms. The van der Waals surface area contributed by atoms with Gasteiger partial charge < -0.3 is 0 Å². The minimum atomic E-state index is 0.849. The standard InChI is InChI=1S/C9H7BS/c10-8-2-1-3-9-7(6-8)4-5-11-9/h1-2,4-6H,3H2. The molecule has 1 aromatic heterocycles. The topological polar surface area (TPSA) is 0 Å². The molecule has 0 bridgehead atoms. The second-order valence-electron chi connectivity index (χ2n) is 2.55. The summed E-state index contributed by atoms with van der Waals surface area (Å²) in [7, 11) is 5.69. The Bertz CT molecular complexity index is 320. The summed E-state index contributed by atoms with van der Waals surface area (Å²) < 4.78 is 0. The van der Waals surface area contributed by atoms with Gasteiger partial charge in [-0.2, -0.15) is 0 Å². The van der Waals surface area contributed by atoms with Gasteiger partial charge in [0.05, 0.1) is 0 Å². The number of fused-ring (bicyclic) bond motifs is 1. The van der Waals surface area contributed by atoms with E-state index in [1.807, 2.05) is 12.2 Å². The van der Waals surface area contributed by atoms with Crippen molar-refractivity contribution in [1.82, 2.24) is 0 Å². The van der Waals surface area contributed by atoms with Crippen molar-refractivity contribution in [2.75, 3.05) is 0 Å². The quantitative estimate of drug-likeness (QED) is 0.508. The average Bonchev–Trinajstić information content (AvgIpc) is 2.31. The molecule has 2 radical (unpaired) electrons. The summed E-state index contributed by atoms with van der Waals surface area (Å²) in [5.74, 6) is 0.